The van der Waals surface area contributed by atoms with Crippen LogP contribution < -0.4 is 5.73 Å². The fraction of sp³-hybridized carbons (Fsp3) is 0.857. The highest BCUT2D eigenvalue weighted by Gasteiger charge is 2.33. The van der Waals surface area contributed by atoms with E-state index in [1.807, 2.05) is 0 Å². The van der Waals surface area contributed by atoms with Gasteiger partial charge in [0.2, 0.25) is 0 Å². The number of carbonyl (C=O) groups excluding carboxylic acids is 1. The number of nitrogens with two attached hydrogens (primary N) is 1. The molecule has 0 aromatic carbocycles. The minimum absolute atomic E-state index is 0.00936. The van der Waals surface area contributed by atoms with Gasteiger partial charge in [0, 0.05) is 6.54 Å². The Morgan fingerprint density at radius 2 is 1.50 bits per heavy atom. The summed E-state index contributed by atoms with van der Waals surface area (Å²) >= 11 is 0. The van der Waals surface area contributed by atoms with E-state index in [2.05, 4.69) is 0 Å². The van der Waals surface area contributed by atoms with Crippen molar-refractivity contribution in [2.24, 2.45) is 5.73 Å². The van der Waals surface area contributed by atoms with E-state index >= 15 is 0 Å². The molecule has 0 radical (unpaired) electrons. The summed E-state index contributed by atoms with van der Waals surface area (Å²) in [7, 11) is 0. The lowest BCUT2D eigenvalue weighted by Gasteiger charge is -2.26. The van der Waals surface area contributed by atoms with Crippen LogP contribution >= 0.6 is 0 Å². The maximum Gasteiger partial charge on any atom is 0.151 e. The Morgan fingerprint density at radius 1 is 1.00 bits per heavy atom. The van der Waals surface area contributed by atoms with Gasteiger partial charge in [-0.25, -0.2) is 0 Å². The van der Waals surface area contributed by atoms with Gasteiger partial charge in [0.15, 0.2) is 6.29 Å². The van der Waals surface area contributed by atoms with Gasteiger partial charge in [-0.3, -0.25) is 0 Å². The van der Waals surface area contributed by atoms with E-state index in [4.69, 9.17) is 31.3 Å². The highest BCUT2D eigenvalue weighted by atomic mass is 16.4. The van der Waals surface area contributed by atoms with Crippen LogP contribution in [0.15, 0.2) is 0 Å². The average Bonchev–Trinajstić information content (AvgIpc) is 2.23. The molecule has 0 rings (SSSR count). The van der Waals surface area contributed by atoms with Crippen LogP contribution in [-0.2, 0) is 4.79 Å². The molecule has 0 aliphatic heterocycles. The van der Waals surface area contributed by atoms with Crippen LogP contribution in [0.1, 0.15) is 0 Å². The summed E-state index contributed by atoms with van der Waals surface area (Å²) in [4.78, 5) is 10.0. The van der Waals surface area contributed by atoms with Gasteiger partial charge in [-0.15, -0.1) is 0 Å². The summed E-state index contributed by atoms with van der Waals surface area (Å²) in [6.07, 6.45) is -8.65. The van der Waals surface area contributed by atoms with E-state index in [-0.39, 0.29) is 12.8 Å². The number of aliphatic hydroxyl groups is 5. The first-order valence-electron chi connectivity index (χ1n) is 4.01. The first kappa shape index (κ1) is 13.4. The summed E-state index contributed by atoms with van der Waals surface area (Å²) in [5, 5.41) is 45.1. The smallest absolute Gasteiger partial charge is 0.151 e. The number of rotatable bonds is 6. The minimum Gasteiger partial charge on any atom is -0.389 e. The molecular formula is C7H15NO6. The second-order valence-corrected chi connectivity index (χ2v) is 2.90. The monoisotopic (exact) mass is 209 g/mol. The van der Waals surface area contributed by atoms with E-state index in [0.717, 1.165) is 0 Å². The van der Waals surface area contributed by atoms with Crippen LogP contribution in [-0.4, -0.2) is 68.9 Å². The quantitative estimate of drug-likeness (QED) is 0.244. The first-order valence-corrected chi connectivity index (χ1v) is 4.01. The third kappa shape index (κ3) is 3.29. The van der Waals surface area contributed by atoms with Crippen molar-refractivity contribution in [2.75, 3.05) is 6.54 Å². The molecule has 0 aromatic heterocycles. The lowest BCUT2D eigenvalue weighted by molar-refractivity contribution is -0.143. The molecule has 0 amide bonds. The van der Waals surface area contributed by atoms with Crippen molar-refractivity contribution in [3.63, 3.8) is 0 Å². The van der Waals surface area contributed by atoms with Gasteiger partial charge in [0.1, 0.15) is 24.4 Å². The fourth-order valence-corrected chi connectivity index (χ4v) is 0.852. The molecule has 0 aliphatic rings. The molecule has 0 aromatic rings. The zero-order valence-corrected chi connectivity index (χ0v) is 7.39. The van der Waals surface area contributed by atoms with Crippen molar-refractivity contribution in [2.45, 2.75) is 30.5 Å². The molecule has 0 bridgehead atoms. The molecule has 0 unspecified atom stereocenters. The maximum atomic E-state index is 10.0. The Labute approximate surface area is 80.4 Å². The summed E-state index contributed by atoms with van der Waals surface area (Å²) in [6, 6.07) is 0. The number of carbonyl (C=O) groups is 1. The molecule has 0 aliphatic carbocycles. The largest absolute Gasteiger partial charge is 0.389 e. The standard InChI is InChI=1S/C7H15NO6/c8-1-3(10)5(12)7(14)6(13)4(11)2-9/h2-7,10-14H,1,8H2/t3-,4-,5-,6-,7-/m1/s1. The van der Waals surface area contributed by atoms with Crippen LogP contribution in [0.25, 0.3) is 0 Å². The van der Waals surface area contributed by atoms with E-state index in [0.29, 0.717) is 0 Å². The van der Waals surface area contributed by atoms with Gasteiger partial charge < -0.3 is 36.1 Å². The van der Waals surface area contributed by atoms with Crippen molar-refractivity contribution in [1.29, 1.82) is 0 Å². The lowest BCUT2D eigenvalue weighted by atomic mass is 10.00. The van der Waals surface area contributed by atoms with Gasteiger partial charge in [0.05, 0.1) is 6.10 Å². The van der Waals surface area contributed by atoms with Crippen molar-refractivity contribution in [1.82, 2.24) is 0 Å². The van der Waals surface area contributed by atoms with Gasteiger partial charge in [-0.2, -0.15) is 0 Å². The number of aldehydes is 1. The SMILES string of the molecule is NC[C@@H](O)[C@@H](O)[C@@H](O)[C@H](O)[C@H](O)C=O. The second-order valence-electron chi connectivity index (χ2n) is 2.90. The number of hydrogen-bond acceptors (Lipinski definition) is 7. The van der Waals surface area contributed by atoms with Crippen molar-refractivity contribution in [3.05, 3.63) is 0 Å². The maximum absolute atomic E-state index is 10.0. The molecule has 0 saturated heterocycles. The zero-order valence-electron chi connectivity index (χ0n) is 7.39. The van der Waals surface area contributed by atoms with Crippen molar-refractivity contribution < 1.29 is 30.3 Å². The molecular weight excluding hydrogens is 194 g/mol. The van der Waals surface area contributed by atoms with E-state index in [1.54, 1.807) is 0 Å². The summed E-state index contributed by atoms with van der Waals surface area (Å²) in [5.41, 5.74) is 4.98. The number of aliphatic hydroxyl groups excluding tert-OH is 5. The molecule has 5 atom stereocenters. The summed E-state index contributed by atoms with van der Waals surface area (Å²) in [6.45, 7) is -0.317. The van der Waals surface area contributed by atoms with Gasteiger partial charge in [-0.1, -0.05) is 0 Å². The summed E-state index contributed by atoms with van der Waals surface area (Å²) < 4.78 is 0. The van der Waals surface area contributed by atoms with Crippen LogP contribution in [0.5, 0.6) is 0 Å². The third-order valence-corrected chi connectivity index (χ3v) is 1.82. The molecule has 0 fully saturated rings. The average molecular weight is 209 g/mol. The molecule has 7 N–H and O–H groups in total. The second kappa shape index (κ2) is 6.02. The Morgan fingerprint density at radius 3 is 1.86 bits per heavy atom. The number of hydrogen-bond donors (Lipinski definition) is 6. The summed E-state index contributed by atoms with van der Waals surface area (Å²) in [5.74, 6) is 0. The van der Waals surface area contributed by atoms with E-state index in [9.17, 15) is 4.79 Å². The Bertz CT molecular complexity index is 178. The molecule has 7 heteroatoms. The van der Waals surface area contributed by atoms with Gasteiger partial charge >= 0.3 is 0 Å². The third-order valence-electron chi connectivity index (χ3n) is 1.82. The lowest BCUT2D eigenvalue weighted by Crippen LogP contribution is -2.51. The van der Waals surface area contributed by atoms with E-state index < -0.39 is 30.5 Å². The van der Waals surface area contributed by atoms with Crippen LogP contribution in [0.4, 0.5) is 0 Å². The first-order chi connectivity index (χ1) is 6.45. The van der Waals surface area contributed by atoms with Crippen molar-refractivity contribution in [3.8, 4) is 0 Å². The molecule has 14 heavy (non-hydrogen) atoms. The topological polar surface area (TPSA) is 144 Å². The van der Waals surface area contributed by atoms with E-state index in [1.165, 1.54) is 0 Å². The van der Waals surface area contributed by atoms with Crippen molar-refractivity contribution >= 4 is 6.29 Å². The predicted octanol–water partition coefficient (Wildman–Crippen LogP) is -4.05. The van der Waals surface area contributed by atoms with Crippen LogP contribution in [0.3, 0.4) is 0 Å². The highest BCUT2D eigenvalue weighted by Crippen LogP contribution is 2.06. The fourth-order valence-electron chi connectivity index (χ4n) is 0.852. The minimum atomic E-state index is -1.86. The van der Waals surface area contributed by atoms with Gasteiger partial charge in [-0.05, 0) is 0 Å². The molecule has 0 spiro atoms. The van der Waals surface area contributed by atoms with Crippen LogP contribution in [0.2, 0.25) is 0 Å². The Kier molecular flexibility index (Phi) is 5.77. The Hall–Kier alpha value is -0.570. The molecule has 0 saturated carbocycles. The Balaban J connectivity index is 4.29. The zero-order chi connectivity index (χ0) is 11.3. The molecule has 84 valence electrons. The van der Waals surface area contributed by atoms with Crippen LogP contribution in [0, 0.1) is 0 Å². The normalized spacial score (nSPS) is 22.1. The predicted molar refractivity (Wildman–Crippen MR) is 45.2 cm³/mol. The molecule has 7 nitrogen and oxygen atoms in total. The molecule has 0 heterocycles. The van der Waals surface area contributed by atoms with Gasteiger partial charge in [0.25, 0.3) is 0 Å². The highest BCUT2D eigenvalue weighted by molar-refractivity contribution is 5.56.